The van der Waals surface area contributed by atoms with Crippen LogP contribution in [-0.2, 0) is 4.74 Å². The maximum atomic E-state index is 11.7. The summed E-state index contributed by atoms with van der Waals surface area (Å²) in [5, 5.41) is 14.6. The summed E-state index contributed by atoms with van der Waals surface area (Å²) < 4.78 is 5.80. The van der Waals surface area contributed by atoms with E-state index in [1.807, 2.05) is 25.1 Å². The van der Waals surface area contributed by atoms with E-state index in [1.165, 1.54) is 24.1 Å². The summed E-state index contributed by atoms with van der Waals surface area (Å²) in [6.07, 6.45) is 4.58. The van der Waals surface area contributed by atoms with E-state index in [0.29, 0.717) is 22.5 Å². The van der Waals surface area contributed by atoms with Crippen molar-refractivity contribution in [1.29, 1.82) is 0 Å². The fraction of sp³-hybridized carbons (Fsp3) is 0.385. The average Bonchev–Trinajstić information content (AvgIpc) is 3.64. The predicted octanol–water partition coefficient (Wildman–Crippen LogP) is 6.53. The number of rotatable bonds is 6. The van der Waals surface area contributed by atoms with Crippen LogP contribution in [0.5, 0.6) is 0 Å². The van der Waals surface area contributed by atoms with Gasteiger partial charge in [-0.05, 0) is 74.1 Å². The van der Waals surface area contributed by atoms with Gasteiger partial charge in [-0.1, -0.05) is 23.7 Å². The second-order valence-corrected chi connectivity index (χ2v) is 9.37. The third-order valence-corrected chi connectivity index (χ3v) is 6.77. The highest BCUT2D eigenvalue weighted by atomic mass is 35.5. The van der Waals surface area contributed by atoms with E-state index in [2.05, 4.69) is 11.4 Å². The highest BCUT2D eigenvalue weighted by Crippen LogP contribution is 2.45. The lowest BCUT2D eigenvalue weighted by molar-refractivity contribution is 0.0698. The first kappa shape index (κ1) is 21.2. The molecule has 5 nitrogen and oxygen atoms in total. The van der Waals surface area contributed by atoms with E-state index >= 15 is 0 Å². The molecule has 1 aliphatic heterocycles. The Morgan fingerprint density at radius 1 is 1.19 bits per heavy atom. The Morgan fingerprint density at radius 2 is 2.00 bits per heavy atom. The third-order valence-electron chi connectivity index (χ3n) is 6.55. The number of carboxylic acids is 1. The standard InChI is InChI=1S/C26H27ClN2O3/c1-15(28-23-7-3-2-6-19(23)26(30)31)20-11-18(27)12-24-22(20)13-21(17-5-4-10-32-14-17)25(29-24)16-8-9-16/h2-3,6-7,11-13,15-17,28H,4-5,8-10,14H2,1H3,(H,30,31)/t15-,17?/m1/s1. The zero-order valence-corrected chi connectivity index (χ0v) is 18.9. The maximum absolute atomic E-state index is 11.7. The number of aromatic nitrogens is 1. The SMILES string of the molecule is C[C@@H](Nc1ccccc1C(=O)O)c1cc(Cl)cc2nc(C3CC3)c(C3CCCOC3)cc12. The molecule has 32 heavy (non-hydrogen) atoms. The number of halogens is 1. The van der Waals surface area contributed by atoms with Gasteiger partial charge in [-0.25, -0.2) is 4.79 Å². The first-order valence-electron chi connectivity index (χ1n) is 11.3. The molecule has 2 aromatic carbocycles. The molecule has 1 aliphatic carbocycles. The number of fused-ring (bicyclic) bond motifs is 1. The summed E-state index contributed by atoms with van der Waals surface area (Å²) in [6, 6.07) is 13.0. The van der Waals surface area contributed by atoms with E-state index < -0.39 is 5.97 Å². The van der Waals surface area contributed by atoms with Crippen LogP contribution in [0.3, 0.4) is 0 Å². The van der Waals surface area contributed by atoms with Gasteiger partial charge in [-0.3, -0.25) is 4.98 Å². The lowest BCUT2D eigenvalue weighted by atomic mass is 9.88. The molecule has 166 valence electrons. The van der Waals surface area contributed by atoms with Gasteiger partial charge < -0.3 is 15.2 Å². The van der Waals surface area contributed by atoms with Gasteiger partial charge in [0.2, 0.25) is 0 Å². The van der Waals surface area contributed by atoms with Crippen molar-refractivity contribution in [1.82, 2.24) is 4.98 Å². The number of para-hydroxylation sites is 1. The number of nitrogens with one attached hydrogen (secondary N) is 1. The number of carboxylic acid groups (broad SMARTS) is 1. The van der Waals surface area contributed by atoms with Crippen LogP contribution in [0.4, 0.5) is 5.69 Å². The number of aromatic carboxylic acids is 1. The van der Waals surface area contributed by atoms with E-state index in [9.17, 15) is 9.90 Å². The summed E-state index contributed by atoms with van der Waals surface area (Å²) in [7, 11) is 0. The lowest BCUT2D eigenvalue weighted by Crippen LogP contribution is -2.18. The molecular weight excluding hydrogens is 424 g/mol. The number of hydrogen-bond acceptors (Lipinski definition) is 4. The van der Waals surface area contributed by atoms with Crippen molar-refractivity contribution < 1.29 is 14.6 Å². The molecule has 1 saturated carbocycles. The quantitative estimate of drug-likeness (QED) is 0.446. The zero-order valence-electron chi connectivity index (χ0n) is 18.1. The summed E-state index contributed by atoms with van der Waals surface area (Å²) in [5.74, 6) is -0.0425. The minimum atomic E-state index is -0.952. The first-order chi connectivity index (χ1) is 15.5. The first-order valence-corrected chi connectivity index (χ1v) is 11.7. The van der Waals surface area contributed by atoms with Gasteiger partial charge in [-0.2, -0.15) is 0 Å². The van der Waals surface area contributed by atoms with Gasteiger partial charge in [0.15, 0.2) is 0 Å². The van der Waals surface area contributed by atoms with Gasteiger partial charge in [0, 0.05) is 46.3 Å². The Morgan fingerprint density at radius 3 is 2.72 bits per heavy atom. The summed E-state index contributed by atoms with van der Waals surface area (Å²) in [4.78, 5) is 16.8. The van der Waals surface area contributed by atoms with Crippen molar-refractivity contribution >= 4 is 34.2 Å². The number of carbonyl (C=O) groups is 1. The molecule has 0 bridgehead atoms. The van der Waals surface area contributed by atoms with E-state index in [1.54, 1.807) is 18.2 Å². The number of ether oxygens (including phenoxy) is 1. The van der Waals surface area contributed by atoms with Crippen molar-refractivity contribution in [2.24, 2.45) is 0 Å². The van der Waals surface area contributed by atoms with Crippen molar-refractivity contribution in [3.05, 3.63) is 69.9 Å². The molecule has 1 unspecified atom stereocenters. The van der Waals surface area contributed by atoms with E-state index in [0.717, 1.165) is 42.5 Å². The van der Waals surface area contributed by atoms with E-state index in [-0.39, 0.29) is 11.6 Å². The third kappa shape index (κ3) is 4.19. The normalized spacial score (nSPS) is 19.6. The largest absolute Gasteiger partial charge is 0.478 e. The van der Waals surface area contributed by atoms with Gasteiger partial charge in [0.25, 0.3) is 0 Å². The van der Waals surface area contributed by atoms with Gasteiger partial charge >= 0.3 is 5.97 Å². The molecule has 2 aliphatic rings. The number of anilines is 1. The highest BCUT2D eigenvalue weighted by Gasteiger charge is 2.31. The molecular formula is C26H27ClN2O3. The topological polar surface area (TPSA) is 71.5 Å². The van der Waals surface area contributed by atoms with Gasteiger partial charge in [0.1, 0.15) is 0 Å². The molecule has 6 heteroatoms. The summed E-state index contributed by atoms with van der Waals surface area (Å²) >= 11 is 6.51. The second kappa shape index (κ2) is 8.72. The van der Waals surface area contributed by atoms with Crippen LogP contribution in [0.2, 0.25) is 5.02 Å². The number of pyridine rings is 1. The van der Waals surface area contributed by atoms with Gasteiger partial charge in [0.05, 0.1) is 17.7 Å². The molecule has 2 fully saturated rings. The average molecular weight is 451 g/mol. The van der Waals surface area contributed by atoms with Crippen LogP contribution < -0.4 is 5.32 Å². The van der Waals surface area contributed by atoms with Crippen molar-refractivity contribution in [3.8, 4) is 0 Å². The lowest BCUT2D eigenvalue weighted by Gasteiger charge is -2.26. The minimum absolute atomic E-state index is 0.152. The van der Waals surface area contributed by atoms with E-state index in [4.69, 9.17) is 21.3 Å². The van der Waals surface area contributed by atoms with Crippen LogP contribution in [0.15, 0.2) is 42.5 Å². The maximum Gasteiger partial charge on any atom is 0.337 e. The molecule has 3 aromatic rings. The summed E-state index contributed by atoms with van der Waals surface area (Å²) in [5.41, 5.74) is 5.26. The molecule has 2 heterocycles. The van der Waals surface area contributed by atoms with Crippen LogP contribution >= 0.6 is 11.6 Å². The van der Waals surface area contributed by atoms with Crippen LogP contribution in [0.25, 0.3) is 10.9 Å². The molecule has 0 amide bonds. The van der Waals surface area contributed by atoms with Crippen molar-refractivity contribution in [2.75, 3.05) is 18.5 Å². The number of benzene rings is 2. The summed E-state index contributed by atoms with van der Waals surface area (Å²) in [6.45, 7) is 3.61. The predicted molar refractivity (Wildman–Crippen MR) is 127 cm³/mol. The Balaban J connectivity index is 1.59. The molecule has 0 spiro atoms. The van der Waals surface area contributed by atoms with Crippen molar-refractivity contribution in [2.45, 2.75) is 50.5 Å². The smallest absolute Gasteiger partial charge is 0.337 e. The fourth-order valence-corrected chi connectivity index (χ4v) is 4.98. The Bertz CT molecular complexity index is 1170. The van der Waals surface area contributed by atoms with Crippen molar-refractivity contribution in [3.63, 3.8) is 0 Å². The molecule has 2 N–H and O–H groups in total. The highest BCUT2D eigenvalue weighted by molar-refractivity contribution is 6.31. The molecule has 2 atom stereocenters. The van der Waals surface area contributed by atoms with Gasteiger partial charge in [-0.15, -0.1) is 0 Å². The number of hydrogen-bond donors (Lipinski definition) is 2. The molecule has 0 radical (unpaired) electrons. The Kier molecular flexibility index (Phi) is 5.78. The zero-order chi connectivity index (χ0) is 22.2. The molecule has 1 aromatic heterocycles. The van der Waals surface area contributed by atoms with Crippen LogP contribution in [-0.4, -0.2) is 29.3 Å². The monoisotopic (exact) mass is 450 g/mol. The molecule has 5 rings (SSSR count). The Hall–Kier alpha value is -2.63. The second-order valence-electron chi connectivity index (χ2n) is 8.93. The minimum Gasteiger partial charge on any atom is -0.478 e. The number of nitrogens with zero attached hydrogens (tertiary/aromatic N) is 1. The Labute approximate surface area is 192 Å². The fourth-order valence-electron chi connectivity index (χ4n) is 4.76. The van der Waals surface area contributed by atoms with Crippen LogP contribution in [0.1, 0.15) is 77.7 Å². The molecule has 1 saturated heterocycles. The van der Waals surface area contributed by atoms with Crippen LogP contribution in [0, 0.1) is 0 Å².